The number of rotatable bonds is 4. The minimum absolute atomic E-state index is 0.105. The molecule has 0 saturated carbocycles. The molecule has 0 radical (unpaired) electrons. The van der Waals surface area contributed by atoms with Gasteiger partial charge < -0.3 is 18.8 Å². The van der Waals surface area contributed by atoms with E-state index in [0.29, 0.717) is 30.3 Å². The van der Waals surface area contributed by atoms with Crippen LogP contribution in [0.3, 0.4) is 0 Å². The highest BCUT2D eigenvalue weighted by Crippen LogP contribution is 2.43. The summed E-state index contributed by atoms with van der Waals surface area (Å²) < 4.78 is 19.7. The predicted molar refractivity (Wildman–Crippen MR) is 140 cm³/mol. The summed E-state index contributed by atoms with van der Waals surface area (Å²) in [6, 6.07) is 16.4. The first-order chi connectivity index (χ1) is 17.4. The largest absolute Gasteiger partial charge is 0.497 e. The molecule has 6 heteroatoms. The highest BCUT2D eigenvalue weighted by atomic mass is 16.5. The van der Waals surface area contributed by atoms with Crippen LogP contribution in [0.2, 0.25) is 0 Å². The fourth-order valence-corrected chi connectivity index (χ4v) is 5.13. The van der Waals surface area contributed by atoms with Gasteiger partial charge >= 0.3 is 0 Å². The smallest absolute Gasteiger partial charge is 0.231 e. The fraction of sp³-hybridized carbons (Fsp3) is 0.233. The zero-order valence-electron chi connectivity index (χ0n) is 20.9. The number of carbonyl (C=O) groups is 1. The molecule has 2 aliphatic rings. The molecule has 0 spiro atoms. The summed E-state index contributed by atoms with van der Waals surface area (Å²) >= 11 is 0. The number of benzene rings is 3. The highest BCUT2D eigenvalue weighted by molar-refractivity contribution is 6.15. The number of allylic oxidation sites excluding steroid dienone is 1. The van der Waals surface area contributed by atoms with Gasteiger partial charge in [0.2, 0.25) is 5.78 Å². The number of carbonyl (C=O) groups excluding carboxylic acids is 1. The average molecular weight is 481 g/mol. The van der Waals surface area contributed by atoms with Crippen molar-refractivity contribution in [1.29, 1.82) is 0 Å². The van der Waals surface area contributed by atoms with Crippen molar-refractivity contribution in [3.8, 4) is 17.2 Å². The van der Waals surface area contributed by atoms with Crippen molar-refractivity contribution < 1.29 is 19.0 Å². The Labute approximate surface area is 210 Å². The van der Waals surface area contributed by atoms with Crippen molar-refractivity contribution in [3.05, 3.63) is 93.9 Å². The quantitative estimate of drug-likeness (QED) is 0.347. The first-order valence-corrected chi connectivity index (χ1v) is 12.1. The van der Waals surface area contributed by atoms with Gasteiger partial charge in [-0.15, -0.1) is 0 Å². The third-order valence-corrected chi connectivity index (χ3v) is 7.04. The zero-order chi connectivity index (χ0) is 25.0. The zero-order valence-corrected chi connectivity index (χ0v) is 20.9. The Hall–Kier alpha value is -4.03. The monoisotopic (exact) mass is 480 g/mol. The van der Waals surface area contributed by atoms with Crippen LogP contribution in [-0.2, 0) is 20.1 Å². The number of Topliss-reactive ketones (excluding diaryl/α,β-unsaturated/α-hetero) is 1. The van der Waals surface area contributed by atoms with Crippen LogP contribution < -0.4 is 14.2 Å². The van der Waals surface area contributed by atoms with Gasteiger partial charge in [-0.3, -0.25) is 9.69 Å². The fourth-order valence-electron chi connectivity index (χ4n) is 5.13. The van der Waals surface area contributed by atoms with Crippen molar-refractivity contribution in [1.82, 2.24) is 9.47 Å². The van der Waals surface area contributed by atoms with Gasteiger partial charge in [0.05, 0.1) is 12.7 Å². The summed E-state index contributed by atoms with van der Waals surface area (Å²) in [5.41, 5.74) is 6.92. The number of ketones is 1. The molecule has 36 heavy (non-hydrogen) atoms. The molecule has 0 bridgehead atoms. The maximum Gasteiger partial charge on any atom is 0.231 e. The van der Waals surface area contributed by atoms with Crippen LogP contribution in [0.1, 0.15) is 38.2 Å². The van der Waals surface area contributed by atoms with Crippen molar-refractivity contribution in [2.24, 2.45) is 7.05 Å². The van der Waals surface area contributed by atoms with Gasteiger partial charge in [-0.25, -0.2) is 0 Å². The number of fused-ring (bicyclic) bond motifs is 3. The van der Waals surface area contributed by atoms with Crippen LogP contribution in [0.5, 0.6) is 17.2 Å². The molecule has 0 unspecified atom stereocenters. The summed E-state index contributed by atoms with van der Waals surface area (Å²) in [5, 5.41) is 1.00. The van der Waals surface area contributed by atoms with E-state index < -0.39 is 0 Å². The Kier molecular flexibility index (Phi) is 5.34. The molecule has 1 aromatic heterocycles. The van der Waals surface area contributed by atoms with E-state index in [9.17, 15) is 4.79 Å². The first kappa shape index (κ1) is 22.4. The van der Waals surface area contributed by atoms with Gasteiger partial charge in [0.1, 0.15) is 24.0 Å². The minimum Gasteiger partial charge on any atom is -0.497 e. The number of aromatic nitrogens is 1. The molecule has 6 nitrogen and oxygen atoms in total. The van der Waals surface area contributed by atoms with Gasteiger partial charge in [-0.05, 0) is 49.8 Å². The summed E-state index contributed by atoms with van der Waals surface area (Å²) in [5.74, 6) is 2.40. The third-order valence-electron chi connectivity index (χ3n) is 7.04. The second kappa shape index (κ2) is 8.57. The summed E-state index contributed by atoms with van der Waals surface area (Å²) in [6.45, 7) is 6.05. The lowest BCUT2D eigenvalue weighted by Crippen LogP contribution is -2.32. The van der Waals surface area contributed by atoms with Gasteiger partial charge in [0.25, 0.3) is 0 Å². The molecule has 0 saturated heterocycles. The number of methoxy groups -OCH3 is 1. The lowest BCUT2D eigenvalue weighted by Gasteiger charge is -2.30. The van der Waals surface area contributed by atoms with Crippen molar-refractivity contribution in [2.45, 2.75) is 26.9 Å². The van der Waals surface area contributed by atoms with E-state index >= 15 is 0 Å². The lowest BCUT2D eigenvalue weighted by atomic mass is 9.99. The second-order valence-corrected chi connectivity index (χ2v) is 9.63. The van der Waals surface area contributed by atoms with Crippen molar-refractivity contribution in [2.75, 3.05) is 13.8 Å². The topological polar surface area (TPSA) is 52.9 Å². The van der Waals surface area contributed by atoms with Gasteiger partial charge in [0.15, 0.2) is 5.76 Å². The Balaban J connectivity index is 1.31. The van der Waals surface area contributed by atoms with Crippen LogP contribution in [-0.4, -0.2) is 29.1 Å². The standard InChI is InChI=1S/C30H28N2O4/c1-18-5-7-20(8-6-18)14-32-16-22-11-25-28(33)27(36-30(25)19(2)29(22)35-17-32)12-21-15-31(3)26-10-9-23(34-4)13-24(21)26/h5-13,15H,14,16-17H2,1-4H3/b27-12-. The summed E-state index contributed by atoms with van der Waals surface area (Å²) in [4.78, 5) is 15.7. The number of aryl methyl sites for hydroxylation is 2. The number of hydrogen-bond donors (Lipinski definition) is 0. The molecule has 3 heterocycles. The molecule has 0 N–H and O–H groups in total. The molecule has 3 aromatic carbocycles. The van der Waals surface area contributed by atoms with Crippen LogP contribution >= 0.6 is 0 Å². The Morgan fingerprint density at radius 3 is 2.64 bits per heavy atom. The molecule has 2 aliphatic heterocycles. The molecule has 6 rings (SSSR count). The number of hydrogen-bond acceptors (Lipinski definition) is 5. The van der Waals surface area contributed by atoms with E-state index in [-0.39, 0.29) is 5.78 Å². The molecule has 0 amide bonds. The molecule has 0 aliphatic carbocycles. The molecule has 182 valence electrons. The van der Waals surface area contributed by atoms with E-state index in [0.717, 1.165) is 45.6 Å². The minimum atomic E-state index is -0.105. The third kappa shape index (κ3) is 3.74. The Morgan fingerprint density at radius 2 is 1.86 bits per heavy atom. The highest BCUT2D eigenvalue weighted by Gasteiger charge is 2.33. The summed E-state index contributed by atoms with van der Waals surface area (Å²) in [6.07, 6.45) is 3.83. The first-order valence-electron chi connectivity index (χ1n) is 12.1. The lowest BCUT2D eigenvalue weighted by molar-refractivity contribution is 0.0876. The maximum atomic E-state index is 13.4. The van der Waals surface area contributed by atoms with E-state index in [4.69, 9.17) is 14.2 Å². The normalized spacial score (nSPS) is 16.1. The van der Waals surface area contributed by atoms with Gasteiger partial charge in [0, 0.05) is 53.9 Å². The van der Waals surface area contributed by atoms with Crippen LogP contribution in [0.4, 0.5) is 0 Å². The van der Waals surface area contributed by atoms with Crippen LogP contribution in [0.25, 0.3) is 17.0 Å². The molecular formula is C30H28N2O4. The summed E-state index contributed by atoms with van der Waals surface area (Å²) in [7, 11) is 3.64. The molecular weight excluding hydrogens is 452 g/mol. The van der Waals surface area contributed by atoms with E-state index in [1.165, 1.54) is 11.1 Å². The van der Waals surface area contributed by atoms with E-state index in [1.807, 2.05) is 55.1 Å². The Bertz CT molecular complexity index is 1550. The Morgan fingerprint density at radius 1 is 1.06 bits per heavy atom. The van der Waals surface area contributed by atoms with Gasteiger partial charge in [-0.1, -0.05) is 29.8 Å². The van der Waals surface area contributed by atoms with Crippen molar-refractivity contribution >= 4 is 22.8 Å². The molecule has 0 fully saturated rings. The number of ether oxygens (including phenoxy) is 3. The SMILES string of the molecule is COc1ccc2c(c1)c(/C=C1\Oc3c(cc4c(c3C)OCN(Cc3ccc(C)cc3)C4)C1=O)cn2C. The van der Waals surface area contributed by atoms with Crippen molar-refractivity contribution in [3.63, 3.8) is 0 Å². The molecule has 0 atom stereocenters. The van der Waals surface area contributed by atoms with Crippen LogP contribution in [0.15, 0.2) is 60.5 Å². The maximum absolute atomic E-state index is 13.4. The van der Waals surface area contributed by atoms with Gasteiger partial charge in [-0.2, -0.15) is 0 Å². The van der Waals surface area contributed by atoms with E-state index in [2.05, 4.69) is 36.1 Å². The second-order valence-electron chi connectivity index (χ2n) is 9.63. The molecule has 4 aromatic rings. The van der Waals surface area contributed by atoms with E-state index in [1.54, 1.807) is 7.11 Å². The predicted octanol–water partition coefficient (Wildman–Crippen LogP) is 5.77. The van der Waals surface area contributed by atoms with Crippen LogP contribution in [0, 0.1) is 13.8 Å². The average Bonchev–Trinajstić information content (AvgIpc) is 3.36. The number of nitrogens with zero attached hydrogens (tertiary/aromatic N) is 2.